The standard InChI is InChI=1S/C27H34N6O5/c1-17(2)23(34)31-21-20-22(29-15-28-21)32(16-30-20)13-9-12-19-24(35)38-25(27(3,4)5)33(19)26(36)37-14-18-10-7-6-8-11-18/h6-8,10-11,15-17,19,25H,9,12-14H2,1-5H3,(H,28,29,31,34)/t19-,25-/m0/s1. The predicted molar refractivity (Wildman–Crippen MR) is 140 cm³/mol. The van der Waals surface area contributed by atoms with Crippen LogP contribution in [0, 0.1) is 11.3 Å². The van der Waals surface area contributed by atoms with E-state index < -0.39 is 29.7 Å². The first kappa shape index (κ1) is 27.0. The summed E-state index contributed by atoms with van der Waals surface area (Å²) in [6.45, 7) is 9.93. The number of aromatic nitrogens is 4. The monoisotopic (exact) mass is 522 g/mol. The summed E-state index contributed by atoms with van der Waals surface area (Å²) in [7, 11) is 0. The van der Waals surface area contributed by atoms with Gasteiger partial charge in [-0.05, 0) is 18.4 Å². The number of nitrogens with zero attached hydrogens (tertiary/aromatic N) is 5. The number of esters is 1. The minimum absolute atomic E-state index is 0.102. The van der Waals surface area contributed by atoms with Crippen molar-refractivity contribution in [3.05, 3.63) is 48.5 Å². The van der Waals surface area contributed by atoms with Crippen LogP contribution < -0.4 is 5.32 Å². The molecule has 2 amide bonds. The van der Waals surface area contributed by atoms with Crippen molar-refractivity contribution in [2.24, 2.45) is 11.3 Å². The van der Waals surface area contributed by atoms with Crippen molar-refractivity contribution in [3.8, 4) is 0 Å². The second kappa shape index (κ2) is 11.2. The van der Waals surface area contributed by atoms with E-state index in [0.717, 1.165) is 5.56 Å². The topological polar surface area (TPSA) is 129 Å². The van der Waals surface area contributed by atoms with Crippen LogP contribution in [0.3, 0.4) is 0 Å². The number of carbonyl (C=O) groups is 3. The van der Waals surface area contributed by atoms with Crippen LogP contribution in [0.25, 0.3) is 11.2 Å². The Morgan fingerprint density at radius 2 is 1.87 bits per heavy atom. The molecule has 2 aromatic heterocycles. The van der Waals surface area contributed by atoms with Crippen molar-refractivity contribution in [1.82, 2.24) is 24.4 Å². The van der Waals surface area contributed by atoms with Crippen molar-refractivity contribution in [2.45, 2.75) is 72.9 Å². The molecule has 1 saturated heterocycles. The molecule has 3 aromatic rings. The van der Waals surface area contributed by atoms with Crippen LogP contribution >= 0.6 is 0 Å². The minimum Gasteiger partial charge on any atom is -0.444 e. The van der Waals surface area contributed by atoms with E-state index in [1.165, 1.54) is 11.2 Å². The molecule has 3 heterocycles. The lowest BCUT2D eigenvalue weighted by Crippen LogP contribution is -2.48. The molecule has 11 heteroatoms. The Hall–Kier alpha value is -4.02. The van der Waals surface area contributed by atoms with E-state index in [4.69, 9.17) is 9.47 Å². The first-order chi connectivity index (χ1) is 18.1. The highest BCUT2D eigenvalue weighted by atomic mass is 16.6. The van der Waals surface area contributed by atoms with Crippen LogP contribution in [0.5, 0.6) is 0 Å². The first-order valence-corrected chi connectivity index (χ1v) is 12.7. The Kier molecular flexibility index (Phi) is 7.94. The van der Waals surface area contributed by atoms with Gasteiger partial charge >= 0.3 is 12.1 Å². The van der Waals surface area contributed by atoms with Crippen LogP contribution in [0.15, 0.2) is 43.0 Å². The summed E-state index contributed by atoms with van der Waals surface area (Å²) < 4.78 is 13.1. The lowest BCUT2D eigenvalue weighted by atomic mass is 9.93. The Balaban J connectivity index is 1.45. The molecule has 0 bridgehead atoms. The molecular formula is C27H34N6O5. The number of aryl methyl sites for hydroxylation is 1. The summed E-state index contributed by atoms with van der Waals surface area (Å²) in [6, 6.07) is 8.61. The number of hydrogen-bond acceptors (Lipinski definition) is 8. The maximum Gasteiger partial charge on any atom is 0.413 e. The van der Waals surface area contributed by atoms with Gasteiger partial charge in [-0.2, -0.15) is 0 Å². The summed E-state index contributed by atoms with van der Waals surface area (Å²) >= 11 is 0. The van der Waals surface area contributed by atoms with Gasteiger partial charge in [-0.25, -0.2) is 24.5 Å². The Morgan fingerprint density at radius 3 is 2.55 bits per heavy atom. The summed E-state index contributed by atoms with van der Waals surface area (Å²) in [5, 5.41) is 2.78. The molecule has 0 spiro atoms. The quantitative estimate of drug-likeness (QED) is 0.437. The van der Waals surface area contributed by atoms with E-state index in [9.17, 15) is 14.4 Å². The third-order valence-electron chi connectivity index (χ3n) is 6.29. The van der Waals surface area contributed by atoms with E-state index >= 15 is 0 Å². The number of rotatable bonds is 8. The zero-order valence-corrected chi connectivity index (χ0v) is 22.4. The number of hydrogen-bond donors (Lipinski definition) is 1. The number of carbonyl (C=O) groups excluding carboxylic acids is 3. The molecule has 1 aromatic carbocycles. The maximum absolute atomic E-state index is 13.2. The van der Waals surface area contributed by atoms with Gasteiger partial charge in [0.15, 0.2) is 23.2 Å². The van der Waals surface area contributed by atoms with Crippen LogP contribution in [-0.4, -0.2) is 54.7 Å². The van der Waals surface area contributed by atoms with Crippen molar-refractivity contribution in [1.29, 1.82) is 0 Å². The second-order valence-corrected chi connectivity index (χ2v) is 10.7. The molecule has 1 aliphatic heterocycles. The number of fused-ring (bicyclic) bond motifs is 1. The number of nitrogens with one attached hydrogen (secondary N) is 1. The number of amides is 2. The first-order valence-electron chi connectivity index (χ1n) is 12.7. The van der Waals surface area contributed by atoms with Gasteiger partial charge in [0.2, 0.25) is 5.91 Å². The summed E-state index contributed by atoms with van der Waals surface area (Å²) in [5.41, 5.74) is 1.42. The zero-order chi connectivity index (χ0) is 27.4. The second-order valence-electron chi connectivity index (χ2n) is 10.7. The number of cyclic esters (lactones) is 1. The normalized spacial score (nSPS) is 17.6. The lowest BCUT2D eigenvalue weighted by molar-refractivity contribution is -0.147. The fourth-order valence-electron chi connectivity index (χ4n) is 4.24. The number of benzene rings is 1. The van der Waals surface area contributed by atoms with Crippen LogP contribution in [0.4, 0.5) is 10.6 Å². The Bertz CT molecular complexity index is 1300. The van der Waals surface area contributed by atoms with Gasteiger partial charge in [-0.1, -0.05) is 65.0 Å². The third-order valence-corrected chi connectivity index (χ3v) is 6.29. The predicted octanol–water partition coefficient (Wildman–Crippen LogP) is 4.14. The van der Waals surface area contributed by atoms with Crippen molar-refractivity contribution < 1.29 is 23.9 Å². The maximum atomic E-state index is 13.2. The smallest absolute Gasteiger partial charge is 0.413 e. The highest BCUT2D eigenvalue weighted by Crippen LogP contribution is 2.35. The summed E-state index contributed by atoms with van der Waals surface area (Å²) in [6.07, 6.45) is 2.59. The minimum atomic E-state index is -0.771. The van der Waals surface area contributed by atoms with E-state index in [1.807, 2.05) is 55.7 Å². The molecule has 1 fully saturated rings. The Morgan fingerprint density at radius 1 is 1.13 bits per heavy atom. The van der Waals surface area contributed by atoms with Gasteiger partial charge in [0.1, 0.15) is 19.0 Å². The van der Waals surface area contributed by atoms with Gasteiger partial charge in [0, 0.05) is 17.9 Å². The van der Waals surface area contributed by atoms with Gasteiger partial charge in [0.25, 0.3) is 0 Å². The molecule has 2 atom stereocenters. The highest BCUT2D eigenvalue weighted by molar-refractivity contribution is 5.97. The zero-order valence-electron chi connectivity index (χ0n) is 22.4. The summed E-state index contributed by atoms with van der Waals surface area (Å²) in [5.74, 6) is -0.454. The van der Waals surface area contributed by atoms with E-state index in [1.54, 1.807) is 20.2 Å². The van der Waals surface area contributed by atoms with Crippen LogP contribution in [0.1, 0.15) is 53.0 Å². The molecule has 1 aliphatic rings. The molecule has 0 radical (unpaired) electrons. The van der Waals surface area contributed by atoms with Crippen LogP contribution in [0.2, 0.25) is 0 Å². The lowest BCUT2D eigenvalue weighted by Gasteiger charge is -2.33. The highest BCUT2D eigenvalue weighted by Gasteiger charge is 2.50. The SMILES string of the molecule is CC(C)C(=O)Nc1ncnc2c1ncn2CCC[C@H]1C(=O)O[C@@H](C(C)(C)C)N1C(=O)OCc1ccccc1. The number of imidazole rings is 1. The van der Waals surface area contributed by atoms with E-state index in [2.05, 4.69) is 20.3 Å². The fourth-order valence-corrected chi connectivity index (χ4v) is 4.24. The largest absolute Gasteiger partial charge is 0.444 e. The van der Waals surface area contributed by atoms with E-state index in [-0.39, 0.29) is 18.4 Å². The molecule has 0 aliphatic carbocycles. The van der Waals surface area contributed by atoms with Crippen LogP contribution in [-0.2, 0) is 32.2 Å². The summed E-state index contributed by atoms with van der Waals surface area (Å²) in [4.78, 5) is 52.5. The van der Waals surface area contributed by atoms with E-state index in [0.29, 0.717) is 36.4 Å². The van der Waals surface area contributed by atoms with Crippen molar-refractivity contribution in [3.63, 3.8) is 0 Å². The molecule has 38 heavy (non-hydrogen) atoms. The molecule has 202 valence electrons. The number of ether oxygens (including phenoxy) is 2. The van der Waals surface area contributed by atoms with Gasteiger partial charge in [0.05, 0.1) is 6.33 Å². The molecule has 1 N–H and O–H groups in total. The molecule has 0 saturated carbocycles. The third kappa shape index (κ3) is 5.92. The molecular weight excluding hydrogens is 488 g/mol. The average Bonchev–Trinajstić information content (AvgIpc) is 3.45. The number of anilines is 1. The molecule has 4 rings (SSSR count). The van der Waals surface area contributed by atoms with Gasteiger partial charge in [-0.3, -0.25) is 9.69 Å². The van der Waals surface area contributed by atoms with Gasteiger partial charge < -0.3 is 19.4 Å². The van der Waals surface area contributed by atoms with Crippen molar-refractivity contribution in [2.75, 3.05) is 5.32 Å². The molecule has 11 nitrogen and oxygen atoms in total. The van der Waals surface area contributed by atoms with Crippen molar-refractivity contribution >= 4 is 35.0 Å². The Labute approximate surface area is 221 Å². The fraction of sp³-hybridized carbons (Fsp3) is 0.481. The molecule has 0 unspecified atom stereocenters. The van der Waals surface area contributed by atoms with Gasteiger partial charge in [-0.15, -0.1) is 0 Å². The average molecular weight is 523 g/mol.